The van der Waals surface area contributed by atoms with E-state index in [1.807, 2.05) is 25.1 Å². The zero-order valence-electron chi connectivity index (χ0n) is 14.6. The van der Waals surface area contributed by atoms with Crippen molar-refractivity contribution in [3.8, 4) is 0 Å². The van der Waals surface area contributed by atoms with Gasteiger partial charge in [0.1, 0.15) is 0 Å². The number of aromatic nitrogens is 4. The van der Waals surface area contributed by atoms with Crippen molar-refractivity contribution in [3.63, 3.8) is 0 Å². The van der Waals surface area contributed by atoms with E-state index in [9.17, 15) is 4.79 Å². The minimum absolute atomic E-state index is 0.00401. The van der Waals surface area contributed by atoms with Gasteiger partial charge in [-0.2, -0.15) is 5.10 Å². The molecule has 1 N–H and O–H groups in total. The van der Waals surface area contributed by atoms with Gasteiger partial charge in [-0.1, -0.05) is 0 Å². The van der Waals surface area contributed by atoms with Crippen LogP contribution in [0.1, 0.15) is 11.4 Å². The Hall–Kier alpha value is -2.67. The van der Waals surface area contributed by atoms with Gasteiger partial charge < -0.3 is 9.47 Å². The third-order valence-electron chi connectivity index (χ3n) is 4.78. The molecule has 0 unspecified atom stereocenters. The number of nitrogens with one attached hydrogen (secondary N) is 1. The fourth-order valence-electron chi connectivity index (χ4n) is 3.34. The molecule has 25 heavy (non-hydrogen) atoms. The Kier molecular flexibility index (Phi) is 4.01. The normalized spacial score (nSPS) is 15.8. The highest BCUT2D eigenvalue weighted by Crippen LogP contribution is 2.20. The second-order valence-corrected chi connectivity index (χ2v) is 6.67. The second kappa shape index (κ2) is 6.33. The monoisotopic (exact) mass is 338 g/mol. The number of hydrogen-bond donors (Lipinski definition) is 1. The first kappa shape index (κ1) is 15.8. The van der Waals surface area contributed by atoms with Crippen molar-refractivity contribution in [2.75, 3.05) is 31.1 Å². The van der Waals surface area contributed by atoms with Crippen LogP contribution < -0.4 is 10.5 Å². The van der Waals surface area contributed by atoms with Gasteiger partial charge in [0.05, 0.1) is 22.9 Å². The van der Waals surface area contributed by atoms with E-state index in [0.29, 0.717) is 5.39 Å². The van der Waals surface area contributed by atoms with Crippen LogP contribution >= 0.6 is 0 Å². The number of benzene rings is 1. The predicted octanol–water partition coefficient (Wildman–Crippen LogP) is 1.29. The summed E-state index contributed by atoms with van der Waals surface area (Å²) in [6.45, 7) is 6.81. The Morgan fingerprint density at radius 3 is 2.68 bits per heavy atom. The topological polar surface area (TPSA) is 70.1 Å². The van der Waals surface area contributed by atoms with Crippen LogP contribution in [0.5, 0.6) is 0 Å². The molecule has 3 aromatic rings. The van der Waals surface area contributed by atoms with Gasteiger partial charge in [-0.15, -0.1) is 0 Å². The van der Waals surface area contributed by atoms with E-state index in [0.717, 1.165) is 55.3 Å². The Labute approximate surface area is 145 Å². The summed E-state index contributed by atoms with van der Waals surface area (Å²) >= 11 is 0. The fraction of sp³-hybridized carbons (Fsp3) is 0.389. The van der Waals surface area contributed by atoms with Gasteiger partial charge in [0, 0.05) is 51.2 Å². The lowest BCUT2D eigenvalue weighted by Crippen LogP contribution is -2.46. The first-order valence-corrected chi connectivity index (χ1v) is 8.54. The quantitative estimate of drug-likeness (QED) is 0.779. The number of aryl methyl sites for hydroxylation is 2. The minimum atomic E-state index is -0.00401. The lowest BCUT2D eigenvalue weighted by atomic mass is 10.2. The fourth-order valence-corrected chi connectivity index (χ4v) is 3.34. The van der Waals surface area contributed by atoms with Gasteiger partial charge in [-0.25, -0.2) is 4.98 Å². The van der Waals surface area contributed by atoms with E-state index in [2.05, 4.69) is 31.0 Å². The Morgan fingerprint density at radius 2 is 1.96 bits per heavy atom. The third kappa shape index (κ3) is 3.15. The van der Waals surface area contributed by atoms with Crippen LogP contribution in [-0.2, 0) is 13.6 Å². The summed E-state index contributed by atoms with van der Waals surface area (Å²) in [6.07, 6.45) is 1.58. The molecule has 3 heterocycles. The summed E-state index contributed by atoms with van der Waals surface area (Å²) in [7, 11) is 1.72. The van der Waals surface area contributed by atoms with Crippen molar-refractivity contribution in [1.82, 2.24) is 24.6 Å². The summed E-state index contributed by atoms with van der Waals surface area (Å²) < 4.78 is 1.51. The summed E-state index contributed by atoms with van der Waals surface area (Å²) in [5.41, 5.74) is 4.08. The predicted molar refractivity (Wildman–Crippen MR) is 97.8 cm³/mol. The van der Waals surface area contributed by atoms with Crippen molar-refractivity contribution in [2.45, 2.75) is 13.5 Å². The van der Waals surface area contributed by atoms with Crippen LogP contribution in [0.3, 0.4) is 0 Å². The molecule has 0 amide bonds. The molecule has 4 rings (SSSR count). The molecule has 0 atom stereocenters. The number of fused-ring (bicyclic) bond motifs is 1. The molecule has 0 bridgehead atoms. The molecule has 1 aliphatic heterocycles. The van der Waals surface area contributed by atoms with Crippen LogP contribution in [-0.4, -0.2) is 50.8 Å². The molecule has 2 aromatic heterocycles. The van der Waals surface area contributed by atoms with Gasteiger partial charge in [0.15, 0.2) is 0 Å². The highest BCUT2D eigenvalue weighted by Gasteiger charge is 2.18. The SMILES string of the molecule is Cc1cc(CN2CCN(c3ccc4c(=O)n(C)cnc4c3)CC2)n[nH]1. The average Bonchev–Trinajstić information content (AvgIpc) is 3.03. The lowest BCUT2D eigenvalue weighted by molar-refractivity contribution is 0.247. The maximum Gasteiger partial charge on any atom is 0.260 e. The smallest absolute Gasteiger partial charge is 0.260 e. The number of H-pyrrole nitrogens is 1. The van der Waals surface area contributed by atoms with E-state index < -0.39 is 0 Å². The van der Waals surface area contributed by atoms with Crippen LogP contribution in [0.15, 0.2) is 35.4 Å². The molecule has 1 aromatic carbocycles. The van der Waals surface area contributed by atoms with Crippen LogP contribution in [0.25, 0.3) is 10.9 Å². The van der Waals surface area contributed by atoms with Gasteiger partial charge >= 0.3 is 0 Å². The number of rotatable bonds is 3. The van der Waals surface area contributed by atoms with Gasteiger partial charge in [0.25, 0.3) is 5.56 Å². The van der Waals surface area contributed by atoms with Gasteiger partial charge in [-0.05, 0) is 31.2 Å². The number of aromatic amines is 1. The highest BCUT2D eigenvalue weighted by atomic mass is 16.1. The Morgan fingerprint density at radius 1 is 1.16 bits per heavy atom. The number of piperazine rings is 1. The zero-order valence-corrected chi connectivity index (χ0v) is 14.6. The van der Waals surface area contributed by atoms with E-state index in [1.54, 1.807) is 13.4 Å². The Balaban J connectivity index is 1.46. The van der Waals surface area contributed by atoms with Gasteiger partial charge in [-0.3, -0.25) is 14.8 Å². The minimum Gasteiger partial charge on any atom is -0.369 e. The maximum absolute atomic E-state index is 12.1. The Bertz CT molecular complexity index is 952. The highest BCUT2D eigenvalue weighted by molar-refractivity contribution is 5.81. The molecule has 0 saturated carbocycles. The second-order valence-electron chi connectivity index (χ2n) is 6.67. The van der Waals surface area contributed by atoms with E-state index in [4.69, 9.17) is 0 Å². The van der Waals surface area contributed by atoms with E-state index in [-0.39, 0.29) is 5.56 Å². The van der Waals surface area contributed by atoms with Crippen LogP contribution in [0, 0.1) is 6.92 Å². The third-order valence-corrected chi connectivity index (χ3v) is 4.78. The molecule has 7 heteroatoms. The summed E-state index contributed by atoms with van der Waals surface area (Å²) in [6, 6.07) is 8.03. The zero-order chi connectivity index (χ0) is 17.4. The first-order chi connectivity index (χ1) is 12.1. The van der Waals surface area contributed by atoms with Crippen molar-refractivity contribution in [3.05, 3.63) is 52.3 Å². The summed E-state index contributed by atoms with van der Waals surface area (Å²) in [4.78, 5) is 21.3. The van der Waals surface area contributed by atoms with Crippen molar-refractivity contribution in [1.29, 1.82) is 0 Å². The molecular formula is C18H22N6O. The lowest BCUT2D eigenvalue weighted by Gasteiger charge is -2.35. The molecule has 0 aliphatic carbocycles. The molecule has 0 spiro atoms. The summed E-state index contributed by atoms with van der Waals surface area (Å²) in [5.74, 6) is 0. The van der Waals surface area contributed by atoms with Crippen molar-refractivity contribution >= 4 is 16.6 Å². The standard InChI is InChI=1S/C18H22N6O/c1-13-9-14(21-20-13)11-23-5-7-24(8-6-23)15-3-4-16-17(10-15)19-12-22(2)18(16)25/h3-4,9-10,12H,5-8,11H2,1-2H3,(H,20,21). The van der Waals surface area contributed by atoms with Crippen molar-refractivity contribution in [2.24, 2.45) is 7.05 Å². The van der Waals surface area contributed by atoms with Crippen LogP contribution in [0.2, 0.25) is 0 Å². The van der Waals surface area contributed by atoms with Gasteiger partial charge in [0.2, 0.25) is 0 Å². The molecule has 1 fully saturated rings. The average molecular weight is 338 g/mol. The molecule has 0 radical (unpaired) electrons. The number of hydrogen-bond acceptors (Lipinski definition) is 5. The largest absolute Gasteiger partial charge is 0.369 e. The van der Waals surface area contributed by atoms with E-state index in [1.165, 1.54) is 4.57 Å². The maximum atomic E-state index is 12.1. The van der Waals surface area contributed by atoms with E-state index >= 15 is 0 Å². The molecular weight excluding hydrogens is 316 g/mol. The number of nitrogens with zero attached hydrogens (tertiary/aromatic N) is 5. The molecule has 1 saturated heterocycles. The molecule has 7 nitrogen and oxygen atoms in total. The van der Waals surface area contributed by atoms with Crippen LogP contribution in [0.4, 0.5) is 5.69 Å². The number of anilines is 1. The summed E-state index contributed by atoms with van der Waals surface area (Å²) in [5, 5.41) is 7.98. The first-order valence-electron chi connectivity index (χ1n) is 8.54. The molecule has 130 valence electrons. The van der Waals surface area contributed by atoms with Crippen molar-refractivity contribution < 1.29 is 0 Å². The molecule has 1 aliphatic rings.